The van der Waals surface area contributed by atoms with Crippen LogP contribution >= 0.6 is 0 Å². The van der Waals surface area contributed by atoms with Crippen LogP contribution in [0, 0.1) is 17.6 Å². The first-order chi connectivity index (χ1) is 5.15. The van der Waals surface area contributed by atoms with E-state index >= 15 is 0 Å². The minimum atomic E-state index is -1.39. The number of nitrogens with zero attached hydrogens (tertiary/aromatic N) is 1. The molecule has 0 aromatic carbocycles. The van der Waals surface area contributed by atoms with E-state index in [0.717, 1.165) is 0 Å². The number of nitrogen functional groups attached to an aromatic ring is 1. The van der Waals surface area contributed by atoms with Crippen LogP contribution in [-0.4, -0.2) is 4.98 Å². The maximum Gasteiger partial charge on any atom is 0.251 e. The van der Waals surface area contributed by atoms with Gasteiger partial charge in [0.1, 0.15) is 0 Å². The molecule has 0 spiro atoms. The van der Waals surface area contributed by atoms with Gasteiger partial charge in [0.15, 0.2) is 17.5 Å². The van der Waals surface area contributed by atoms with Crippen LogP contribution < -0.4 is 11.3 Å². The maximum absolute atomic E-state index is 12.4. The third kappa shape index (κ3) is 1.40. The number of hydrogen-bond donors (Lipinski definition) is 2. The van der Waals surface area contributed by atoms with Crippen molar-refractivity contribution >= 4 is 5.82 Å². The van der Waals surface area contributed by atoms with Gasteiger partial charge in [0, 0.05) is 6.07 Å². The number of nitrogens with one attached hydrogen (secondary N) is 1. The highest BCUT2D eigenvalue weighted by Crippen LogP contribution is 2.12. The minimum absolute atomic E-state index is 0.359. The number of hydrogen-bond acceptors (Lipinski definition) is 3. The van der Waals surface area contributed by atoms with E-state index in [2.05, 4.69) is 4.98 Å². The fourth-order valence-electron chi connectivity index (χ4n) is 0.545. The summed E-state index contributed by atoms with van der Waals surface area (Å²) in [6.45, 7) is 0. The summed E-state index contributed by atoms with van der Waals surface area (Å²) in [7, 11) is 0. The Balaban J connectivity index is 3.21. The molecule has 60 valence electrons. The SMILES string of the molecule is NNc1nc(F)c(F)cc1F. The zero-order chi connectivity index (χ0) is 8.43. The monoisotopic (exact) mass is 163 g/mol. The van der Waals surface area contributed by atoms with Crippen LogP contribution in [0.4, 0.5) is 19.0 Å². The van der Waals surface area contributed by atoms with Crippen molar-refractivity contribution in [3.8, 4) is 0 Å². The number of pyridine rings is 1. The second-order valence-corrected chi connectivity index (χ2v) is 1.74. The number of hydrazine groups is 1. The van der Waals surface area contributed by atoms with Gasteiger partial charge in [-0.1, -0.05) is 0 Å². The largest absolute Gasteiger partial charge is 0.306 e. The van der Waals surface area contributed by atoms with Gasteiger partial charge < -0.3 is 5.43 Å². The summed E-state index contributed by atoms with van der Waals surface area (Å²) < 4.78 is 36.8. The molecule has 0 atom stereocenters. The second-order valence-electron chi connectivity index (χ2n) is 1.74. The molecule has 1 heterocycles. The lowest BCUT2D eigenvalue weighted by Gasteiger charge is -1.99. The third-order valence-corrected chi connectivity index (χ3v) is 1.02. The third-order valence-electron chi connectivity index (χ3n) is 1.02. The summed E-state index contributed by atoms with van der Waals surface area (Å²) in [4.78, 5) is 2.84. The van der Waals surface area contributed by atoms with Gasteiger partial charge in [0.2, 0.25) is 0 Å². The van der Waals surface area contributed by atoms with Crippen molar-refractivity contribution in [3.05, 3.63) is 23.6 Å². The molecule has 0 amide bonds. The molecule has 3 nitrogen and oxygen atoms in total. The zero-order valence-corrected chi connectivity index (χ0v) is 5.24. The van der Waals surface area contributed by atoms with Crippen LogP contribution in [0.25, 0.3) is 0 Å². The van der Waals surface area contributed by atoms with Gasteiger partial charge in [0.25, 0.3) is 5.95 Å². The van der Waals surface area contributed by atoms with Gasteiger partial charge in [0.05, 0.1) is 0 Å². The van der Waals surface area contributed by atoms with E-state index in [9.17, 15) is 13.2 Å². The average Bonchev–Trinajstić information content (AvgIpc) is 1.97. The Morgan fingerprint density at radius 3 is 2.45 bits per heavy atom. The quantitative estimate of drug-likeness (QED) is 0.365. The number of aromatic nitrogens is 1. The molecule has 1 rings (SSSR count). The molecule has 0 fully saturated rings. The summed E-state index contributed by atoms with van der Waals surface area (Å²) in [6.07, 6.45) is 0. The van der Waals surface area contributed by atoms with E-state index in [0.29, 0.717) is 6.07 Å². The van der Waals surface area contributed by atoms with Crippen molar-refractivity contribution in [3.63, 3.8) is 0 Å². The molecule has 1 aromatic rings. The standard InChI is InChI=1S/C5H4F3N3/c6-2-1-3(7)5(11-9)10-4(2)8/h1H,9H2,(H,10,11). The highest BCUT2D eigenvalue weighted by atomic mass is 19.2. The number of anilines is 1. The predicted molar refractivity (Wildman–Crippen MR) is 31.9 cm³/mol. The van der Waals surface area contributed by atoms with Gasteiger partial charge in [-0.05, 0) is 0 Å². The molecule has 0 unspecified atom stereocenters. The van der Waals surface area contributed by atoms with Crippen molar-refractivity contribution < 1.29 is 13.2 Å². The van der Waals surface area contributed by atoms with Gasteiger partial charge in [-0.3, -0.25) is 0 Å². The normalized spacial score (nSPS) is 9.82. The summed E-state index contributed by atoms with van der Waals surface area (Å²) in [5, 5.41) is 0. The number of halogens is 3. The summed E-state index contributed by atoms with van der Waals surface area (Å²) in [5.74, 6) is 0.433. The first-order valence-corrected chi connectivity index (χ1v) is 2.63. The molecule has 0 saturated carbocycles. The van der Waals surface area contributed by atoms with E-state index in [-0.39, 0.29) is 0 Å². The molecular weight excluding hydrogens is 159 g/mol. The highest BCUT2D eigenvalue weighted by molar-refractivity contribution is 5.34. The fourth-order valence-corrected chi connectivity index (χ4v) is 0.545. The van der Waals surface area contributed by atoms with E-state index in [1.165, 1.54) is 0 Å². The summed E-state index contributed by atoms with van der Waals surface area (Å²) in [5.41, 5.74) is 1.77. The average molecular weight is 163 g/mol. The van der Waals surface area contributed by atoms with Gasteiger partial charge in [-0.15, -0.1) is 0 Å². The van der Waals surface area contributed by atoms with Gasteiger partial charge >= 0.3 is 0 Å². The molecule has 11 heavy (non-hydrogen) atoms. The number of nitrogens with two attached hydrogens (primary N) is 1. The van der Waals surface area contributed by atoms with Gasteiger partial charge in [-0.2, -0.15) is 9.37 Å². The Hall–Kier alpha value is -1.30. The van der Waals surface area contributed by atoms with Crippen LogP contribution in [0.5, 0.6) is 0 Å². The van der Waals surface area contributed by atoms with Crippen LogP contribution in [0.3, 0.4) is 0 Å². The van der Waals surface area contributed by atoms with E-state index < -0.39 is 23.4 Å². The molecule has 0 bridgehead atoms. The maximum atomic E-state index is 12.4. The van der Waals surface area contributed by atoms with Crippen LogP contribution in [-0.2, 0) is 0 Å². The number of rotatable bonds is 1. The Morgan fingerprint density at radius 1 is 1.27 bits per heavy atom. The summed E-state index contributed by atoms with van der Waals surface area (Å²) in [6, 6.07) is 0.359. The minimum Gasteiger partial charge on any atom is -0.306 e. The first kappa shape index (κ1) is 7.80. The van der Waals surface area contributed by atoms with Crippen molar-refractivity contribution in [2.24, 2.45) is 5.84 Å². The smallest absolute Gasteiger partial charge is 0.251 e. The predicted octanol–water partition coefficient (Wildman–Crippen LogP) is 0.785. The summed E-state index contributed by atoms with van der Waals surface area (Å²) >= 11 is 0. The van der Waals surface area contributed by atoms with E-state index in [1.807, 2.05) is 0 Å². The lowest BCUT2D eigenvalue weighted by Crippen LogP contribution is -2.11. The van der Waals surface area contributed by atoms with Gasteiger partial charge in [-0.25, -0.2) is 14.6 Å². The fraction of sp³-hybridized carbons (Fsp3) is 0. The van der Waals surface area contributed by atoms with Crippen molar-refractivity contribution in [2.75, 3.05) is 5.43 Å². The van der Waals surface area contributed by atoms with Crippen molar-refractivity contribution in [1.82, 2.24) is 4.98 Å². The molecule has 3 N–H and O–H groups in total. The first-order valence-electron chi connectivity index (χ1n) is 2.63. The molecule has 0 radical (unpaired) electrons. The topological polar surface area (TPSA) is 50.9 Å². The molecule has 0 aliphatic rings. The van der Waals surface area contributed by atoms with Crippen molar-refractivity contribution in [2.45, 2.75) is 0 Å². The van der Waals surface area contributed by atoms with E-state index in [1.54, 1.807) is 5.43 Å². The van der Waals surface area contributed by atoms with Crippen molar-refractivity contribution in [1.29, 1.82) is 0 Å². The molecule has 1 aromatic heterocycles. The lowest BCUT2D eigenvalue weighted by molar-refractivity contribution is 0.466. The highest BCUT2D eigenvalue weighted by Gasteiger charge is 2.09. The Bertz CT molecular complexity index is 276. The zero-order valence-electron chi connectivity index (χ0n) is 5.24. The molecule has 0 saturated heterocycles. The van der Waals surface area contributed by atoms with Crippen LogP contribution in [0.15, 0.2) is 6.07 Å². The Morgan fingerprint density at radius 2 is 1.91 bits per heavy atom. The van der Waals surface area contributed by atoms with Crippen LogP contribution in [0.2, 0.25) is 0 Å². The Labute approximate surface area is 60.0 Å². The second kappa shape index (κ2) is 2.75. The van der Waals surface area contributed by atoms with E-state index in [4.69, 9.17) is 5.84 Å². The molecular formula is C5H4F3N3. The molecule has 6 heteroatoms. The Kier molecular flexibility index (Phi) is 1.95. The van der Waals surface area contributed by atoms with Crippen LogP contribution in [0.1, 0.15) is 0 Å². The molecule has 0 aliphatic heterocycles. The molecule has 0 aliphatic carbocycles. The lowest BCUT2D eigenvalue weighted by atomic mass is 10.4.